The first-order valence-electron chi connectivity index (χ1n) is 7.51. The number of amides is 1. The van der Waals surface area contributed by atoms with Crippen molar-refractivity contribution in [2.75, 3.05) is 6.54 Å². The maximum absolute atomic E-state index is 12.3. The van der Waals surface area contributed by atoms with Gasteiger partial charge in [-0.3, -0.25) is 14.9 Å². The van der Waals surface area contributed by atoms with Crippen molar-refractivity contribution in [1.82, 2.24) is 16.2 Å². The van der Waals surface area contributed by atoms with Crippen molar-refractivity contribution in [2.24, 2.45) is 0 Å². The minimum Gasteiger partial charge on any atom is -0.354 e. The number of nitro groups is 1. The first kappa shape index (κ1) is 14.9. The van der Waals surface area contributed by atoms with Crippen LogP contribution in [0.1, 0.15) is 25.3 Å². The maximum Gasteiger partial charge on any atom is 0.254 e. The SMILES string of the molecule is CC1NNC(C(=O)NCC2(c3ccccc3)CC2)C1[N+](=O)[O-]. The molecule has 7 heteroatoms. The first-order valence-corrected chi connectivity index (χ1v) is 7.51. The molecule has 1 aromatic rings. The Labute approximate surface area is 128 Å². The molecule has 3 N–H and O–H groups in total. The van der Waals surface area contributed by atoms with Crippen LogP contribution in [0.3, 0.4) is 0 Å². The lowest BCUT2D eigenvalue weighted by Crippen LogP contribution is -2.51. The van der Waals surface area contributed by atoms with Crippen LogP contribution >= 0.6 is 0 Å². The van der Waals surface area contributed by atoms with Crippen LogP contribution in [0.15, 0.2) is 30.3 Å². The van der Waals surface area contributed by atoms with Gasteiger partial charge in [-0.2, -0.15) is 0 Å². The predicted molar refractivity (Wildman–Crippen MR) is 80.7 cm³/mol. The summed E-state index contributed by atoms with van der Waals surface area (Å²) in [7, 11) is 0. The van der Waals surface area contributed by atoms with Crippen molar-refractivity contribution in [3.05, 3.63) is 46.0 Å². The van der Waals surface area contributed by atoms with Gasteiger partial charge in [-0.1, -0.05) is 30.3 Å². The monoisotopic (exact) mass is 304 g/mol. The number of nitrogens with one attached hydrogen (secondary N) is 3. The zero-order valence-corrected chi connectivity index (χ0v) is 12.4. The van der Waals surface area contributed by atoms with Gasteiger partial charge in [-0.25, -0.2) is 10.9 Å². The smallest absolute Gasteiger partial charge is 0.254 e. The van der Waals surface area contributed by atoms with Crippen molar-refractivity contribution in [2.45, 2.75) is 43.3 Å². The molecular weight excluding hydrogens is 284 g/mol. The summed E-state index contributed by atoms with van der Waals surface area (Å²) >= 11 is 0. The average Bonchev–Trinajstić information content (AvgIpc) is 3.21. The Hall–Kier alpha value is -1.99. The summed E-state index contributed by atoms with van der Waals surface area (Å²) in [5, 5.41) is 14.0. The number of benzene rings is 1. The van der Waals surface area contributed by atoms with Crippen LogP contribution in [-0.2, 0) is 10.2 Å². The number of carbonyl (C=O) groups is 1. The van der Waals surface area contributed by atoms with Crippen LogP contribution in [0.4, 0.5) is 0 Å². The minimum absolute atomic E-state index is 0.00131. The van der Waals surface area contributed by atoms with Crippen molar-refractivity contribution in [3.63, 3.8) is 0 Å². The number of hydrogen-bond donors (Lipinski definition) is 3. The third-order valence-electron chi connectivity index (χ3n) is 4.69. The van der Waals surface area contributed by atoms with Crippen molar-refractivity contribution < 1.29 is 9.72 Å². The molecule has 0 aromatic heterocycles. The molecule has 2 aliphatic rings. The van der Waals surface area contributed by atoms with E-state index in [2.05, 4.69) is 28.3 Å². The Morgan fingerprint density at radius 1 is 1.36 bits per heavy atom. The largest absolute Gasteiger partial charge is 0.354 e. The molecule has 3 rings (SSSR count). The molecule has 1 aliphatic carbocycles. The fourth-order valence-corrected chi connectivity index (χ4v) is 3.08. The Bertz CT molecular complexity index is 573. The van der Waals surface area contributed by atoms with E-state index >= 15 is 0 Å². The van der Waals surface area contributed by atoms with Gasteiger partial charge < -0.3 is 5.32 Å². The lowest BCUT2D eigenvalue weighted by atomic mass is 9.95. The highest BCUT2D eigenvalue weighted by Gasteiger charge is 2.48. The van der Waals surface area contributed by atoms with Crippen LogP contribution in [0.2, 0.25) is 0 Å². The summed E-state index contributed by atoms with van der Waals surface area (Å²) in [6.07, 6.45) is 2.06. The molecular formula is C15H20N4O3. The number of hydrogen-bond acceptors (Lipinski definition) is 5. The van der Waals surface area contributed by atoms with Gasteiger partial charge in [0.1, 0.15) is 0 Å². The molecule has 22 heavy (non-hydrogen) atoms. The van der Waals surface area contributed by atoms with Crippen LogP contribution in [0, 0.1) is 10.1 Å². The van der Waals surface area contributed by atoms with E-state index in [4.69, 9.17) is 0 Å². The maximum atomic E-state index is 12.3. The Morgan fingerprint density at radius 3 is 2.64 bits per heavy atom. The van der Waals surface area contributed by atoms with Crippen LogP contribution in [0.5, 0.6) is 0 Å². The fraction of sp³-hybridized carbons (Fsp3) is 0.533. The molecule has 1 aromatic carbocycles. The van der Waals surface area contributed by atoms with E-state index in [0.29, 0.717) is 6.54 Å². The molecule has 0 spiro atoms. The standard InChI is InChI=1S/C15H20N4O3/c1-10-13(19(21)22)12(18-17-10)14(20)16-9-15(7-8-15)11-5-3-2-4-6-11/h2-6,10,12-13,17-18H,7-9H2,1H3,(H,16,20). The predicted octanol–water partition coefficient (Wildman–Crippen LogP) is 0.345. The van der Waals surface area contributed by atoms with Crippen molar-refractivity contribution in [3.8, 4) is 0 Å². The van der Waals surface area contributed by atoms with E-state index in [1.54, 1.807) is 6.92 Å². The molecule has 1 amide bonds. The topological polar surface area (TPSA) is 96.3 Å². The second kappa shape index (κ2) is 5.66. The van der Waals surface area contributed by atoms with Crippen LogP contribution in [0.25, 0.3) is 0 Å². The average molecular weight is 304 g/mol. The van der Waals surface area contributed by atoms with Crippen LogP contribution in [-0.4, -0.2) is 35.5 Å². The lowest BCUT2D eigenvalue weighted by molar-refractivity contribution is -0.523. The highest BCUT2D eigenvalue weighted by molar-refractivity contribution is 5.83. The summed E-state index contributed by atoms with van der Waals surface area (Å²) in [5.74, 6) is -0.319. The summed E-state index contributed by atoms with van der Waals surface area (Å²) in [6.45, 7) is 2.22. The van der Waals surface area contributed by atoms with Gasteiger partial charge in [-0.15, -0.1) is 0 Å². The zero-order chi connectivity index (χ0) is 15.7. The molecule has 7 nitrogen and oxygen atoms in total. The van der Waals surface area contributed by atoms with Crippen molar-refractivity contribution in [1.29, 1.82) is 0 Å². The van der Waals surface area contributed by atoms with Crippen LogP contribution < -0.4 is 16.2 Å². The zero-order valence-electron chi connectivity index (χ0n) is 12.4. The number of carbonyl (C=O) groups excluding carboxylic acids is 1. The highest BCUT2D eigenvalue weighted by atomic mass is 16.6. The van der Waals surface area contributed by atoms with Gasteiger partial charge in [0.25, 0.3) is 6.04 Å². The second-order valence-corrected chi connectivity index (χ2v) is 6.20. The minimum atomic E-state index is -0.952. The van der Waals surface area contributed by atoms with Gasteiger partial charge >= 0.3 is 0 Å². The molecule has 2 fully saturated rings. The third-order valence-corrected chi connectivity index (χ3v) is 4.69. The molecule has 3 unspecified atom stereocenters. The van der Waals surface area contributed by atoms with Gasteiger partial charge in [0.15, 0.2) is 6.04 Å². The highest BCUT2D eigenvalue weighted by Crippen LogP contribution is 2.47. The van der Waals surface area contributed by atoms with E-state index in [9.17, 15) is 14.9 Å². The Kier molecular flexibility index (Phi) is 3.84. The summed E-state index contributed by atoms with van der Waals surface area (Å²) in [4.78, 5) is 23.0. The number of hydrazine groups is 1. The van der Waals surface area contributed by atoms with E-state index in [-0.39, 0.29) is 17.4 Å². The van der Waals surface area contributed by atoms with Crippen molar-refractivity contribution >= 4 is 5.91 Å². The second-order valence-electron chi connectivity index (χ2n) is 6.20. The van der Waals surface area contributed by atoms with Gasteiger partial charge in [0.05, 0.1) is 6.04 Å². The lowest BCUT2D eigenvalue weighted by Gasteiger charge is -2.19. The van der Waals surface area contributed by atoms with Gasteiger partial charge in [0.2, 0.25) is 5.91 Å². The summed E-state index contributed by atoms with van der Waals surface area (Å²) < 4.78 is 0. The molecule has 1 heterocycles. The molecule has 1 aliphatic heterocycles. The van der Waals surface area contributed by atoms with E-state index in [0.717, 1.165) is 12.8 Å². The third kappa shape index (κ3) is 2.69. The Morgan fingerprint density at radius 2 is 2.05 bits per heavy atom. The van der Waals surface area contributed by atoms with Gasteiger partial charge in [-0.05, 0) is 25.3 Å². The summed E-state index contributed by atoms with van der Waals surface area (Å²) in [6, 6.07) is 7.91. The molecule has 1 saturated carbocycles. The van der Waals surface area contributed by atoms with Gasteiger partial charge in [0, 0.05) is 16.9 Å². The van der Waals surface area contributed by atoms with E-state index < -0.39 is 17.0 Å². The number of rotatable bonds is 5. The molecule has 1 saturated heterocycles. The number of nitrogens with zero attached hydrogens (tertiary/aromatic N) is 1. The van der Waals surface area contributed by atoms with E-state index in [1.165, 1.54) is 5.56 Å². The molecule has 0 bridgehead atoms. The molecule has 3 atom stereocenters. The fourth-order valence-electron chi connectivity index (χ4n) is 3.08. The molecule has 0 radical (unpaired) electrons. The summed E-state index contributed by atoms with van der Waals surface area (Å²) in [5.41, 5.74) is 6.72. The quantitative estimate of drug-likeness (QED) is 0.538. The van der Waals surface area contributed by atoms with E-state index in [1.807, 2.05) is 18.2 Å². The first-order chi connectivity index (χ1) is 10.5. The Balaban J connectivity index is 1.62. The normalized spacial score (nSPS) is 29.0. The molecule has 118 valence electrons.